The van der Waals surface area contributed by atoms with Crippen molar-refractivity contribution in [3.63, 3.8) is 0 Å². The lowest BCUT2D eigenvalue weighted by atomic mass is 9.89. The Labute approximate surface area is 210 Å². The number of hydrogen-bond donors (Lipinski definition) is 0. The van der Waals surface area contributed by atoms with E-state index < -0.39 is 0 Å². The molecule has 1 unspecified atom stereocenters. The molecule has 5 rings (SSSR count). The molecule has 1 aromatic carbocycles. The van der Waals surface area contributed by atoms with Crippen LogP contribution in [0.15, 0.2) is 24.3 Å². The van der Waals surface area contributed by atoms with Crippen molar-refractivity contribution < 1.29 is 9.53 Å². The van der Waals surface area contributed by atoms with Gasteiger partial charge in [0.25, 0.3) is 0 Å². The Morgan fingerprint density at radius 1 is 1.00 bits per heavy atom. The molecule has 2 aliphatic heterocycles. The summed E-state index contributed by atoms with van der Waals surface area (Å²) in [6.45, 7) is 5.08. The van der Waals surface area contributed by atoms with Crippen LogP contribution in [0.2, 0.25) is 0 Å². The maximum Gasteiger partial charge on any atom is 0.228 e. The highest BCUT2D eigenvalue weighted by Crippen LogP contribution is 2.34. The number of amides is 1. The summed E-state index contributed by atoms with van der Waals surface area (Å²) in [5.41, 5.74) is 3.49. The number of rotatable bonds is 7. The number of carbonyl (C=O) groups excluding carboxylic acids is 1. The summed E-state index contributed by atoms with van der Waals surface area (Å²) < 4.78 is 5.27. The summed E-state index contributed by atoms with van der Waals surface area (Å²) in [6, 6.07) is 8.95. The number of piperidine rings is 1. The first kappa shape index (κ1) is 24.2. The van der Waals surface area contributed by atoms with Crippen LogP contribution in [0, 0.1) is 6.92 Å². The van der Waals surface area contributed by atoms with Crippen LogP contribution in [-0.2, 0) is 17.6 Å². The Bertz CT molecular complexity index is 1020. The lowest BCUT2D eigenvalue weighted by molar-refractivity contribution is -0.119. The third-order valence-electron chi connectivity index (χ3n) is 8.27. The lowest BCUT2D eigenvalue weighted by Crippen LogP contribution is -2.43. The minimum Gasteiger partial charge on any atom is -0.497 e. The smallest absolute Gasteiger partial charge is 0.228 e. The molecule has 35 heavy (non-hydrogen) atoms. The van der Waals surface area contributed by atoms with Gasteiger partial charge in [-0.15, -0.1) is 0 Å². The number of anilines is 1. The van der Waals surface area contributed by atoms with E-state index in [0.29, 0.717) is 18.9 Å². The lowest BCUT2D eigenvalue weighted by Gasteiger charge is -2.40. The molecule has 0 radical (unpaired) electrons. The van der Waals surface area contributed by atoms with Gasteiger partial charge >= 0.3 is 0 Å². The van der Waals surface area contributed by atoms with Crippen molar-refractivity contribution in [2.45, 2.75) is 89.5 Å². The quantitative estimate of drug-likeness (QED) is 0.549. The highest BCUT2D eigenvalue weighted by molar-refractivity contribution is 5.95. The van der Waals surface area contributed by atoms with Gasteiger partial charge in [-0.1, -0.05) is 31.4 Å². The topological polar surface area (TPSA) is 58.6 Å². The molecule has 3 heterocycles. The second kappa shape index (κ2) is 11.1. The van der Waals surface area contributed by atoms with Crippen LogP contribution in [0.5, 0.6) is 5.75 Å². The average Bonchev–Trinajstić information content (AvgIpc) is 2.91. The van der Waals surface area contributed by atoms with E-state index in [1.165, 1.54) is 50.6 Å². The molecule has 3 aliphatic rings. The molecule has 1 aliphatic carbocycles. The number of likely N-dealkylation sites (tertiary alicyclic amines) is 1. The second-order valence-electron chi connectivity index (χ2n) is 10.6. The van der Waals surface area contributed by atoms with Gasteiger partial charge in [-0.25, -0.2) is 9.97 Å². The van der Waals surface area contributed by atoms with Crippen LogP contribution in [0.3, 0.4) is 0 Å². The Morgan fingerprint density at radius 2 is 1.80 bits per heavy atom. The molecular weight excluding hydrogens is 436 g/mol. The van der Waals surface area contributed by atoms with Crippen molar-refractivity contribution in [3.05, 3.63) is 46.9 Å². The number of ether oxygens (including phenoxy) is 1. The van der Waals surface area contributed by atoms with Gasteiger partial charge in [-0.05, 0) is 76.1 Å². The molecule has 0 bridgehead atoms. The first-order valence-electron chi connectivity index (χ1n) is 13.7. The summed E-state index contributed by atoms with van der Waals surface area (Å²) in [6.07, 6.45) is 12.3. The van der Waals surface area contributed by atoms with Gasteiger partial charge in [0, 0.05) is 42.7 Å². The molecule has 0 N–H and O–H groups in total. The number of aromatic nitrogens is 2. The molecule has 2 fully saturated rings. The van der Waals surface area contributed by atoms with Crippen LogP contribution in [0.4, 0.5) is 5.82 Å². The maximum atomic E-state index is 13.0. The molecule has 6 nitrogen and oxygen atoms in total. The zero-order chi connectivity index (χ0) is 24.2. The number of aryl methyl sites for hydroxylation is 2. The number of nitrogens with zero attached hydrogens (tertiary/aromatic N) is 4. The second-order valence-corrected chi connectivity index (χ2v) is 10.6. The summed E-state index contributed by atoms with van der Waals surface area (Å²) in [5.74, 6) is 3.28. The SMILES string of the molecule is COc1ccc(CCCN2C(=O)CCc3c(C)nc(C4CCCN(C5CCCCC5)C4)nc32)cc1. The highest BCUT2D eigenvalue weighted by atomic mass is 16.5. The molecule has 188 valence electrons. The van der Waals surface area contributed by atoms with Crippen molar-refractivity contribution >= 4 is 11.7 Å². The molecule has 0 spiro atoms. The highest BCUT2D eigenvalue weighted by Gasteiger charge is 2.32. The first-order chi connectivity index (χ1) is 17.1. The van der Waals surface area contributed by atoms with Crippen LogP contribution < -0.4 is 9.64 Å². The molecule has 1 atom stereocenters. The molecule has 1 saturated carbocycles. The van der Waals surface area contributed by atoms with E-state index in [9.17, 15) is 4.79 Å². The van der Waals surface area contributed by atoms with E-state index >= 15 is 0 Å². The summed E-state index contributed by atoms with van der Waals surface area (Å²) in [7, 11) is 1.69. The van der Waals surface area contributed by atoms with Gasteiger partial charge in [0.1, 0.15) is 17.4 Å². The number of benzene rings is 1. The number of carbonyl (C=O) groups is 1. The van der Waals surface area contributed by atoms with Gasteiger partial charge in [-0.2, -0.15) is 0 Å². The molecule has 1 amide bonds. The van der Waals surface area contributed by atoms with Crippen LogP contribution in [0.25, 0.3) is 0 Å². The van der Waals surface area contributed by atoms with Gasteiger partial charge in [0.05, 0.1) is 7.11 Å². The number of fused-ring (bicyclic) bond motifs is 1. The van der Waals surface area contributed by atoms with Crippen molar-refractivity contribution in [1.82, 2.24) is 14.9 Å². The van der Waals surface area contributed by atoms with Crippen LogP contribution in [0.1, 0.15) is 86.4 Å². The van der Waals surface area contributed by atoms with Gasteiger partial charge in [0.15, 0.2) is 0 Å². The summed E-state index contributed by atoms with van der Waals surface area (Å²) >= 11 is 0. The van der Waals surface area contributed by atoms with Gasteiger partial charge in [-0.3, -0.25) is 14.6 Å². The largest absolute Gasteiger partial charge is 0.497 e. The summed E-state index contributed by atoms with van der Waals surface area (Å²) in [4.78, 5) is 27.8. The molecule has 1 saturated heterocycles. The Morgan fingerprint density at radius 3 is 2.57 bits per heavy atom. The van der Waals surface area contributed by atoms with E-state index in [1.807, 2.05) is 17.0 Å². The number of methoxy groups -OCH3 is 1. The van der Waals surface area contributed by atoms with Crippen molar-refractivity contribution in [2.75, 3.05) is 31.6 Å². The van der Waals surface area contributed by atoms with E-state index in [2.05, 4.69) is 24.0 Å². The van der Waals surface area contributed by atoms with Gasteiger partial charge < -0.3 is 4.74 Å². The fourth-order valence-corrected chi connectivity index (χ4v) is 6.24. The predicted molar refractivity (Wildman–Crippen MR) is 139 cm³/mol. The average molecular weight is 477 g/mol. The van der Waals surface area contributed by atoms with Crippen LogP contribution >= 0.6 is 0 Å². The van der Waals surface area contributed by atoms with Crippen molar-refractivity contribution in [1.29, 1.82) is 0 Å². The van der Waals surface area contributed by atoms with Crippen molar-refractivity contribution in [2.24, 2.45) is 0 Å². The fourth-order valence-electron chi connectivity index (χ4n) is 6.24. The third-order valence-corrected chi connectivity index (χ3v) is 8.27. The van der Waals surface area contributed by atoms with E-state index in [0.717, 1.165) is 66.9 Å². The van der Waals surface area contributed by atoms with E-state index in [-0.39, 0.29) is 5.91 Å². The Kier molecular flexibility index (Phi) is 7.66. The number of hydrogen-bond acceptors (Lipinski definition) is 5. The van der Waals surface area contributed by atoms with Crippen molar-refractivity contribution in [3.8, 4) is 5.75 Å². The minimum absolute atomic E-state index is 0.198. The van der Waals surface area contributed by atoms with E-state index in [1.54, 1.807) is 7.11 Å². The Balaban J connectivity index is 1.30. The summed E-state index contributed by atoms with van der Waals surface area (Å²) in [5, 5.41) is 0. The molecule has 6 heteroatoms. The zero-order valence-electron chi connectivity index (χ0n) is 21.5. The third kappa shape index (κ3) is 5.53. The normalized spacial score (nSPS) is 21.7. The molecular formula is C29H40N4O2. The maximum absolute atomic E-state index is 13.0. The first-order valence-corrected chi connectivity index (χ1v) is 13.7. The fraction of sp³-hybridized carbons (Fsp3) is 0.621. The zero-order valence-corrected chi connectivity index (χ0v) is 21.5. The van der Waals surface area contributed by atoms with E-state index in [4.69, 9.17) is 14.7 Å². The van der Waals surface area contributed by atoms with Crippen LogP contribution in [-0.4, -0.2) is 53.6 Å². The minimum atomic E-state index is 0.198. The monoisotopic (exact) mass is 476 g/mol. The van der Waals surface area contributed by atoms with Gasteiger partial charge in [0.2, 0.25) is 5.91 Å². The standard InChI is InChI=1S/C29H40N4O2/c1-21-26-16-17-27(34)33(19-6-8-22-12-14-25(35-2)15-13-22)29(26)31-28(30-21)23-9-7-18-32(20-23)24-10-4-3-5-11-24/h12-15,23-24H,3-11,16-20H2,1-2H3. The predicted octanol–water partition coefficient (Wildman–Crippen LogP) is 5.22. The molecule has 1 aromatic heterocycles. The molecule has 2 aromatic rings. The Hall–Kier alpha value is -2.47.